The molecule has 0 saturated heterocycles. The molecule has 3 rings (SSSR count). The van der Waals surface area contributed by atoms with E-state index in [-0.39, 0.29) is 5.41 Å². The fourth-order valence-corrected chi connectivity index (χ4v) is 3.74. The van der Waals surface area contributed by atoms with Crippen LogP contribution in [0, 0.1) is 16.7 Å². The van der Waals surface area contributed by atoms with Crippen molar-refractivity contribution < 1.29 is 9.90 Å². The third kappa shape index (κ3) is 1.79. The Morgan fingerprint density at radius 1 is 1.13 bits per heavy atom. The van der Waals surface area contributed by atoms with Crippen LogP contribution in [0.15, 0.2) is 0 Å². The van der Waals surface area contributed by atoms with Crippen molar-refractivity contribution in [3.05, 3.63) is 0 Å². The predicted molar refractivity (Wildman–Crippen MR) is 59.7 cm³/mol. The Balaban J connectivity index is 2.07. The maximum atomic E-state index is 10.9. The lowest BCUT2D eigenvalue weighted by Gasteiger charge is -2.55. The minimum atomic E-state index is -0.603. The van der Waals surface area contributed by atoms with Gasteiger partial charge in [-0.1, -0.05) is 13.8 Å². The largest absolute Gasteiger partial charge is 0.481 e. The van der Waals surface area contributed by atoms with Crippen molar-refractivity contribution in [1.29, 1.82) is 0 Å². The molecular formula is C13H22O2. The summed E-state index contributed by atoms with van der Waals surface area (Å²) in [5.41, 5.74) is 0.725. The average Bonchev–Trinajstić information content (AvgIpc) is 2.18. The van der Waals surface area contributed by atoms with Crippen LogP contribution in [0.25, 0.3) is 0 Å². The van der Waals surface area contributed by atoms with E-state index in [1.54, 1.807) is 0 Å². The molecule has 0 radical (unpaired) electrons. The monoisotopic (exact) mass is 210 g/mol. The van der Waals surface area contributed by atoms with E-state index in [4.69, 9.17) is 5.11 Å². The first-order valence-electron chi connectivity index (χ1n) is 6.20. The van der Waals surface area contributed by atoms with Gasteiger partial charge in [0, 0.05) is 0 Å². The summed E-state index contributed by atoms with van der Waals surface area (Å²) in [6.07, 6.45) is 7.64. The molecule has 0 aliphatic heterocycles. The lowest BCUT2D eigenvalue weighted by Crippen LogP contribution is -2.45. The molecule has 0 aromatic heterocycles. The second-order valence-corrected chi connectivity index (χ2v) is 6.09. The molecule has 3 aliphatic carbocycles. The van der Waals surface area contributed by atoms with Gasteiger partial charge >= 0.3 is 5.97 Å². The smallest absolute Gasteiger partial charge is 0.303 e. The highest BCUT2D eigenvalue weighted by atomic mass is 16.4. The molecule has 15 heavy (non-hydrogen) atoms. The van der Waals surface area contributed by atoms with Crippen molar-refractivity contribution in [1.82, 2.24) is 0 Å². The van der Waals surface area contributed by atoms with Crippen LogP contribution in [-0.2, 0) is 4.79 Å². The van der Waals surface area contributed by atoms with Gasteiger partial charge in [-0.15, -0.1) is 0 Å². The second-order valence-electron chi connectivity index (χ2n) is 6.09. The van der Waals surface area contributed by atoms with Crippen LogP contribution in [0.5, 0.6) is 0 Å². The van der Waals surface area contributed by atoms with Crippen LogP contribution in [-0.4, -0.2) is 11.1 Å². The maximum absolute atomic E-state index is 10.9. The molecule has 0 amide bonds. The zero-order valence-electron chi connectivity index (χ0n) is 9.88. The summed E-state index contributed by atoms with van der Waals surface area (Å²) in [7, 11) is 0. The topological polar surface area (TPSA) is 37.3 Å². The number of fused-ring (bicyclic) bond motifs is 3. The molecule has 3 fully saturated rings. The number of carbonyl (C=O) groups is 1. The highest BCUT2D eigenvalue weighted by Crippen LogP contribution is 2.60. The van der Waals surface area contributed by atoms with Gasteiger partial charge in [0.2, 0.25) is 0 Å². The van der Waals surface area contributed by atoms with Crippen LogP contribution >= 0.6 is 0 Å². The zero-order valence-corrected chi connectivity index (χ0v) is 9.88. The van der Waals surface area contributed by atoms with Gasteiger partial charge in [0.1, 0.15) is 0 Å². The van der Waals surface area contributed by atoms with E-state index >= 15 is 0 Å². The average molecular weight is 210 g/mol. The zero-order chi connectivity index (χ0) is 11.1. The molecule has 2 heteroatoms. The molecular weight excluding hydrogens is 188 g/mol. The molecule has 1 N–H and O–H groups in total. The summed E-state index contributed by atoms with van der Waals surface area (Å²) in [6.45, 7) is 4.66. The van der Waals surface area contributed by atoms with Gasteiger partial charge in [0.25, 0.3) is 0 Å². The first kappa shape index (κ1) is 11.0. The van der Waals surface area contributed by atoms with Gasteiger partial charge in [-0.3, -0.25) is 4.79 Å². The predicted octanol–water partition coefficient (Wildman–Crippen LogP) is 3.46. The Bertz CT molecular complexity index is 243. The molecule has 0 heterocycles. The van der Waals surface area contributed by atoms with E-state index in [0.717, 1.165) is 25.2 Å². The van der Waals surface area contributed by atoms with Gasteiger partial charge in [-0.05, 0) is 55.3 Å². The Labute approximate surface area is 92.1 Å². The first-order chi connectivity index (χ1) is 6.98. The van der Waals surface area contributed by atoms with Gasteiger partial charge in [-0.25, -0.2) is 0 Å². The Morgan fingerprint density at radius 2 is 1.60 bits per heavy atom. The quantitative estimate of drug-likeness (QED) is 0.774. The number of carboxylic acids is 1. The highest BCUT2D eigenvalue weighted by molar-refractivity contribution is 5.67. The number of rotatable bonds is 3. The third-order valence-electron chi connectivity index (χ3n) is 5.21. The van der Waals surface area contributed by atoms with Crippen molar-refractivity contribution in [3.8, 4) is 0 Å². The molecule has 3 saturated carbocycles. The number of aliphatic carboxylic acids is 1. The molecule has 0 aromatic rings. The van der Waals surface area contributed by atoms with E-state index in [1.165, 1.54) is 19.3 Å². The summed E-state index contributed by atoms with van der Waals surface area (Å²) in [4.78, 5) is 10.9. The summed E-state index contributed by atoms with van der Waals surface area (Å²) in [6, 6.07) is 0. The lowest BCUT2D eigenvalue weighted by atomic mass is 9.50. The molecule has 0 aromatic carbocycles. The minimum absolute atomic E-state index is 0.169. The molecule has 2 bridgehead atoms. The van der Waals surface area contributed by atoms with E-state index in [0.29, 0.717) is 11.8 Å². The van der Waals surface area contributed by atoms with Gasteiger partial charge in [-0.2, -0.15) is 0 Å². The van der Waals surface area contributed by atoms with Crippen molar-refractivity contribution in [2.75, 3.05) is 0 Å². The van der Waals surface area contributed by atoms with E-state index < -0.39 is 5.97 Å². The molecule has 0 atom stereocenters. The van der Waals surface area contributed by atoms with E-state index in [2.05, 4.69) is 13.8 Å². The van der Waals surface area contributed by atoms with Gasteiger partial charge in [0.15, 0.2) is 0 Å². The van der Waals surface area contributed by atoms with Gasteiger partial charge < -0.3 is 5.11 Å². The third-order valence-corrected chi connectivity index (χ3v) is 5.21. The fraction of sp³-hybridized carbons (Fsp3) is 0.923. The fourth-order valence-electron chi connectivity index (χ4n) is 3.74. The molecule has 2 nitrogen and oxygen atoms in total. The number of carboxylic acid groups (broad SMARTS) is 1. The maximum Gasteiger partial charge on any atom is 0.303 e. The number of hydrogen-bond acceptors (Lipinski definition) is 1. The Morgan fingerprint density at radius 3 is 1.93 bits per heavy atom. The minimum Gasteiger partial charge on any atom is -0.481 e. The highest BCUT2D eigenvalue weighted by Gasteiger charge is 2.50. The van der Waals surface area contributed by atoms with Crippen molar-refractivity contribution in [3.63, 3.8) is 0 Å². The summed E-state index contributed by atoms with van der Waals surface area (Å²) >= 11 is 0. The standard InChI is InChI=1S/C13H22O2/c1-10(2)13-6-3-12(4-7-13,5-8-13)9-11(14)15/h10H,3-9H2,1-2H3,(H,14,15). The normalized spacial score (nSPS) is 39.7. The van der Waals surface area contributed by atoms with E-state index in [9.17, 15) is 4.79 Å². The van der Waals surface area contributed by atoms with Crippen LogP contribution in [0.3, 0.4) is 0 Å². The second kappa shape index (κ2) is 3.50. The summed E-state index contributed by atoms with van der Waals surface area (Å²) in [5.74, 6) is 0.162. The van der Waals surface area contributed by atoms with Crippen LogP contribution in [0.1, 0.15) is 58.8 Å². The Kier molecular flexibility index (Phi) is 2.56. The molecule has 0 spiro atoms. The van der Waals surface area contributed by atoms with Crippen LogP contribution in [0.4, 0.5) is 0 Å². The van der Waals surface area contributed by atoms with Crippen molar-refractivity contribution in [2.45, 2.75) is 58.8 Å². The van der Waals surface area contributed by atoms with Crippen molar-refractivity contribution in [2.24, 2.45) is 16.7 Å². The summed E-state index contributed by atoms with van der Waals surface area (Å²) in [5, 5.41) is 8.95. The lowest BCUT2D eigenvalue weighted by molar-refractivity contribution is -0.143. The first-order valence-corrected chi connectivity index (χ1v) is 6.20. The van der Waals surface area contributed by atoms with Gasteiger partial charge in [0.05, 0.1) is 6.42 Å². The Hall–Kier alpha value is -0.530. The molecule has 3 aliphatic rings. The van der Waals surface area contributed by atoms with Crippen LogP contribution in [0.2, 0.25) is 0 Å². The van der Waals surface area contributed by atoms with E-state index in [1.807, 2.05) is 0 Å². The SMILES string of the molecule is CC(C)C12CCC(CC(=O)O)(CC1)CC2. The molecule has 0 unspecified atom stereocenters. The number of hydrogen-bond donors (Lipinski definition) is 1. The molecule has 86 valence electrons. The summed E-state index contributed by atoms with van der Waals surface area (Å²) < 4.78 is 0. The van der Waals surface area contributed by atoms with Crippen molar-refractivity contribution >= 4 is 5.97 Å². The van der Waals surface area contributed by atoms with Crippen LogP contribution < -0.4 is 0 Å².